The number of thioether (sulfide) groups is 1. The molecular formula is C26H24F2N2O2S. The Morgan fingerprint density at radius 3 is 2.18 bits per heavy atom. The molecule has 1 heterocycles. The Labute approximate surface area is 196 Å². The van der Waals surface area contributed by atoms with E-state index in [1.165, 1.54) is 25.1 Å². The third kappa shape index (κ3) is 4.93. The monoisotopic (exact) mass is 466 g/mol. The SMILES string of the molecule is CSc1ccc(-c2ccc(F)cc2)c(C(=O)N2CCN(c3ccc(C(C)=O)cc3F)CC2)c1. The molecule has 0 radical (unpaired) electrons. The fourth-order valence-electron chi connectivity index (χ4n) is 4.01. The first-order valence-corrected chi connectivity index (χ1v) is 11.9. The van der Waals surface area contributed by atoms with Gasteiger partial charge in [-0.2, -0.15) is 0 Å². The summed E-state index contributed by atoms with van der Waals surface area (Å²) >= 11 is 1.55. The number of halogens is 2. The van der Waals surface area contributed by atoms with Crippen LogP contribution >= 0.6 is 11.8 Å². The number of Topliss-reactive ketones (excluding diaryl/α,β-unsaturated/α-hetero) is 1. The predicted molar refractivity (Wildman–Crippen MR) is 128 cm³/mol. The van der Waals surface area contributed by atoms with E-state index in [-0.39, 0.29) is 17.5 Å². The molecule has 170 valence electrons. The molecule has 33 heavy (non-hydrogen) atoms. The van der Waals surface area contributed by atoms with Crippen LogP contribution in [0, 0.1) is 11.6 Å². The number of hydrogen-bond donors (Lipinski definition) is 0. The number of anilines is 1. The number of amides is 1. The molecule has 3 aromatic rings. The van der Waals surface area contributed by atoms with Crippen molar-refractivity contribution in [1.82, 2.24) is 4.90 Å². The van der Waals surface area contributed by atoms with E-state index in [9.17, 15) is 18.4 Å². The topological polar surface area (TPSA) is 40.6 Å². The van der Waals surface area contributed by atoms with Gasteiger partial charge in [-0.25, -0.2) is 8.78 Å². The van der Waals surface area contributed by atoms with Gasteiger partial charge < -0.3 is 9.80 Å². The molecule has 0 aliphatic carbocycles. The maximum Gasteiger partial charge on any atom is 0.254 e. The molecule has 0 aromatic heterocycles. The lowest BCUT2D eigenvalue weighted by molar-refractivity contribution is 0.0747. The average Bonchev–Trinajstić information content (AvgIpc) is 2.84. The van der Waals surface area contributed by atoms with Crippen LogP contribution in [0.15, 0.2) is 65.6 Å². The van der Waals surface area contributed by atoms with Crippen LogP contribution in [0.25, 0.3) is 11.1 Å². The van der Waals surface area contributed by atoms with Crippen molar-refractivity contribution in [2.45, 2.75) is 11.8 Å². The van der Waals surface area contributed by atoms with E-state index >= 15 is 0 Å². The summed E-state index contributed by atoms with van der Waals surface area (Å²) < 4.78 is 28.0. The summed E-state index contributed by atoms with van der Waals surface area (Å²) in [6, 6.07) is 16.3. The highest BCUT2D eigenvalue weighted by molar-refractivity contribution is 7.98. The first kappa shape index (κ1) is 23.0. The number of nitrogens with zero attached hydrogens (tertiary/aromatic N) is 2. The molecule has 1 amide bonds. The highest BCUT2D eigenvalue weighted by Gasteiger charge is 2.26. The largest absolute Gasteiger partial charge is 0.366 e. The first-order chi connectivity index (χ1) is 15.9. The second-order valence-electron chi connectivity index (χ2n) is 7.92. The van der Waals surface area contributed by atoms with Crippen LogP contribution < -0.4 is 4.90 Å². The minimum atomic E-state index is -0.436. The average molecular weight is 467 g/mol. The number of carbonyl (C=O) groups is 2. The van der Waals surface area contributed by atoms with Gasteiger partial charge in [-0.1, -0.05) is 18.2 Å². The van der Waals surface area contributed by atoms with Gasteiger partial charge in [-0.15, -0.1) is 11.8 Å². The standard InChI is InChI=1S/C26H24F2N2O2S/c1-17(31)19-5-10-25(24(28)15-19)29-11-13-30(14-12-29)26(32)23-16-21(33-2)8-9-22(23)18-3-6-20(27)7-4-18/h3-10,15-16H,11-14H2,1-2H3. The second-order valence-corrected chi connectivity index (χ2v) is 8.80. The summed E-state index contributed by atoms with van der Waals surface area (Å²) in [4.78, 5) is 29.6. The Bertz CT molecular complexity index is 1190. The van der Waals surface area contributed by atoms with Crippen LogP contribution in [0.4, 0.5) is 14.5 Å². The zero-order chi connectivity index (χ0) is 23.5. The van der Waals surface area contributed by atoms with Crippen LogP contribution in [0.1, 0.15) is 27.6 Å². The maximum absolute atomic E-state index is 14.6. The van der Waals surface area contributed by atoms with Crippen molar-refractivity contribution < 1.29 is 18.4 Å². The number of rotatable bonds is 5. The molecule has 1 aliphatic rings. The van der Waals surface area contributed by atoms with Gasteiger partial charge in [-0.05, 0) is 66.8 Å². The molecule has 1 fully saturated rings. The van der Waals surface area contributed by atoms with E-state index in [0.717, 1.165) is 16.0 Å². The van der Waals surface area contributed by atoms with Crippen LogP contribution in [0.2, 0.25) is 0 Å². The molecule has 1 aliphatic heterocycles. The van der Waals surface area contributed by atoms with Gasteiger partial charge >= 0.3 is 0 Å². The zero-order valence-corrected chi connectivity index (χ0v) is 19.3. The Hall–Kier alpha value is -3.19. The summed E-state index contributed by atoms with van der Waals surface area (Å²) in [6.45, 7) is 3.26. The summed E-state index contributed by atoms with van der Waals surface area (Å²) in [5.74, 6) is -1.04. The van der Waals surface area contributed by atoms with Gasteiger partial charge in [0.15, 0.2) is 5.78 Å². The number of benzene rings is 3. The fourth-order valence-corrected chi connectivity index (χ4v) is 4.45. The Balaban J connectivity index is 1.54. The summed E-state index contributed by atoms with van der Waals surface area (Å²) in [6.07, 6.45) is 1.95. The van der Waals surface area contributed by atoms with Gasteiger partial charge in [0.25, 0.3) is 5.91 Å². The highest BCUT2D eigenvalue weighted by Crippen LogP contribution is 2.30. The fraction of sp³-hybridized carbons (Fsp3) is 0.231. The van der Waals surface area contributed by atoms with Crippen molar-refractivity contribution in [2.75, 3.05) is 37.3 Å². The molecule has 4 rings (SSSR count). The molecule has 0 unspecified atom stereocenters. The minimum absolute atomic E-state index is 0.0997. The van der Waals surface area contributed by atoms with Gasteiger partial charge in [0, 0.05) is 42.2 Å². The van der Waals surface area contributed by atoms with Crippen molar-refractivity contribution in [3.05, 3.63) is 83.4 Å². The molecule has 1 saturated heterocycles. The Morgan fingerprint density at radius 1 is 0.879 bits per heavy atom. The van der Waals surface area contributed by atoms with E-state index in [0.29, 0.717) is 43.0 Å². The van der Waals surface area contributed by atoms with Crippen molar-refractivity contribution in [3.8, 4) is 11.1 Å². The van der Waals surface area contributed by atoms with Gasteiger partial charge in [-0.3, -0.25) is 9.59 Å². The predicted octanol–water partition coefficient (Wildman–Crippen LogP) is 5.52. The molecule has 4 nitrogen and oxygen atoms in total. The second kappa shape index (κ2) is 9.75. The van der Waals surface area contributed by atoms with E-state index in [1.807, 2.05) is 29.4 Å². The summed E-state index contributed by atoms with van der Waals surface area (Å²) in [7, 11) is 0. The van der Waals surface area contributed by atoms with Crippen LogP contribution in [-0.2, 0) is 0 Å². The van der Waals surface area contributed by atoms with Gasteiger partial charge in [0.2, 0.25) is 0 Å². The van der Waals surface area contributed by atoms with Crippen LogP contribution in [0.5, 0.6) is 0 Å². The number of piperazine rings is 1. The molecule has 0 spiro atoms. The minimum Gasteiger partial charge on any atom is -0.366 e. The molecule has 0 atom stereocenters. The molecular weight excluding hydrogens is 442 g/mol. The number of carbonyl (C=O) groups excluding carboxylic acids is 2. The van der Waals surface area contributed by atoms with Crippen molar-refractivity contribution in [1.29, 1.82) is 0 Å². The molecule has 0 bridgehead atoms. The van der Waals surface area contributed by atoms with E-state index in [2.05, 4.69) is 0 Å². The Kier molecular flexibility index (Phi) is 6.79. The zero-order valence-electron chi connectivity index (χ0n) is 18.5. The lowest BCUT2D eigenvalue weighted by atomic mass is 9.98. The normalized spacial score (nSPS) is 13.8. The van der Waals surface area contributed by atoms with Crippen molar-refractivity contribution >= 4 is 29.1 Å². The summed E-state index contributed by atoms with van der Waals surface area (Å²) in [5, 5.41) is 0. The third-order valence-corrected chi connectivity index (χ3v) is 6.60. The quantitative estimate of drug-likeness (QED) is 0.367. The Morgan fingerprint density at radius 2 is 1.58 bits per heavy atom. The summed E-state index contributed by atoms with van der Waals surface area (Å²) in [5.41, 5.74) is 2.87. The van der Waals surface area contributed by atoms with Gasteiger partial charge in [0.05, 0.1) is 5.69 Å². The molecule has 7 heteroatoms. The van der Waals surface area contributed by atoms with Crippen LogP contribution in [0.3, 0.4) is 0 Å². The lowest BCUT2D eigenvalue weighted by Crippen LogP contribution is -2.49. The van der Waals surface area contributed by atoms with E-state index < -0.39 is 5.82 Å². The van der Waals surface area contributed by atoms with E-state index in [4.69, 9.17) is 0 Å². The van der Waals surface area contributed by atoms with Crippen molar-refractivity contribution in [2.24, 2.45) is 0 Å². The van der Waals surface area contributed by atoms with E-state index in [1.54, 1.807) is 40.9 Å². The highest BCUT2D eigenvalue weighted by atomic mass is 32.2. The first-order valence-electron chi connectivity index (χ1n) is 10.7. The maximum atomic E-state index is 14.6. The molecule has 0 saturated carbocycles. The van der Waals surface area contributed by atoms with Crippen molar-refractivity contribution in [3.63, 3.8) is 0 Å². The smallest absolute Gasteiger partial charge is 0.254 e. The van der Waals surface area contributed by atoms with Gasteiger partial charge in [0.1, 0.15) is 11.6 Å². The molecule has 0 N–H and O–H groups in total. The lowest BCUT2D eigenvalue weighted by Gasteiger charge is -2.36. The van der Waals surface area contributed by atoms with Crippen LogP contribution in [-0.4, -0.2) is 49.0 Å². The molecule has 3 aromatic carbocycles. The number of hydrogen-bond acceptors (Lipinski definition) is 4. The third-order valence-electron chi connectivity index (χ3n) is 5.87. The number of ketones is 1.